The zero-order valence-corrected chi connectivity index (χ0v) is 12.7. The molecule has 0 aliphatic heterocycles. The molecule has 102 valence electrons. The average Bonchev–Trinajstić information content (AvgIpc) is 2.86. The van der Waals surface area contributed by atoms with Gasteiger partial charge in [0.05, 0.1) is 0 Å². The summed E-state index contributed by atoms with van der Waals surface area (Å²) < 4.78 is 0. The van der Waals surface area contributed by atoms with Gasteiger partial charge >= 0.3 is 0 Å². The standard InChI is InChI=1S/C15H26N2S/c1-4-14-9-10-15(18-14)11(2)17(3)13-7-5-12(16)6-8-13/h9-13H,4-8,16H2,1-3H3. The van der Waals surface area contributed by atoms with Crippen LogP contribution in [0.15, 0.2) is 12.1 Å². The van der Waals surface area contributed by atoms with E-state index in [0.29, 0.717) is 18.1 Å². The SMILES string of the molecule is CCc1ccc(C(C)N(C)C2CCC(N)CC2)s1. The van der Waals surface area contributed by atoms with Crippen LogP contribution in [0.1, 0.15) is 55.3 Å². The van der Waals surface area contributed by atoms with E-state index in [1.807, 2.05) is 11.3 Å². The lowest BCUT2D eigenvalue weighted by atomic mass is 9.90. The second-order valence-corrected chi connectivity index (χ2v) is 6.77. The average molecular weight is 266 g/mol. The molecule has 0 radical (unpaired) electrons. The van der Waals surface area contributed by atoms with Crippen LogP contribution < -0.4 is 5.73 Å². The summed E-state index contributed by atoms with van der Waals surface area (Å²) in [6.45, 7) is 4.56. The normalized spacial score (nSPS) is 26.5. The number of nitrogens with zero attached hydrogens (tertiary/aromatic N) is 1. The Bertz CT molecular complexity index is 366. The predicted molar refractivity (Wildman–Crippen MR) is 80.1 cm³/mol. The number of aryl methyl sites for hydroxylation is 1. The minimum absolute atomic E-state index is 0.443. The van der Waals surface area contributed by atoms with Crippen LogP contribution in [0.3, 0.4) is 0 Å². The van der Waals surface area contributed by atoms with Gasteiger partial charge in [0.25, 0.3) is 0 Å². The smallest absolute Gasteiger partial charge is 0.0413 e. The lowest BCUT2D eigenvalue weighted by Gasteiger charge is -2.36. The predicted octanol–water partition coefficient (Wildman–Crippen LogP) is 3.57. The quantitative estimate of drug-likeness (QED) is 0.902. The molecule has 0 bridgehead atoms. The maximum atomic E-state index is 5.99. The third kappa shape index (κ3) is 3.14. The summed E-state index contributed by atoms with van der Waals surface area (Å²) in [4.78, 5) is 5.55. The fourth-order valence-electron chi connectivity index (χ4n) is 2.83. The van der Waals surface area contributed by atoms with E-state index >= 15 is 0 Å². The number of rotatable bonds is 4. The van der Waals surface area contributed by atoms with Crippen molar-refractivity contribution in [3.8, 4) is 0 Å². The van der Waals surface area contributed by atoms with Crippen molar-refractivity contribution >= 4 is 11.3 Å². The highest BCUT2D eigenvalue weighted by atomic mass is 32.1. The fourth-order valence-corrected chi connectivity index (χ4v) is 3.89. The Hall–Kier alpha value is -0.380. The minimum Gasteiger partial charge on any atom is -0.328 e. The zero-order valence-electron chi connectivity index (χ0n) is 11.9. The van der Waals surface area contributed by atoms with Crippen molar-refractivity contribution in [2.75, 3.05) is 7.05 Å². The second-order valence-electron chi connectivity index (χ2n) is 5.57. The lowest BCUT2D eigenvalue weighted by molar-refractivity contribution is 0.142. The Kier molecular flexibility index (Phi) is 4.82. The van der Waals surface area contributed by atoms with E-state index in [2.05, 4.69) is 37.9 Å². The highest BCUT2D eigenvalue weighted by Crippen LogP contribution is 2.31. The monoisotopic (exact) mass is 266 g/mol. The summed E-state index contributed by atoms with van der Waals surface area (Å²) in [5.41, 5.74) is 5.99. The molecule has 1 saturated carbocycles. The highest BCUT2D eigenvalue weighted by molar-refractivity contribution is 7.12. The van der Waals surface area contributed by atoms with Crippen molar-refractivity contribution in [2.24, 2.45) is 5.73 Å². The van der Waals surface area contributed by atoms with E-state index in [9.17, 15) is 0 Å². The van der Waals surface area contributed by atoms with Crippen LogP contribution in [0.5, 0.6) is 0 Å². The molecule has 1 heterocycles. The Labute approximate surface area is 115 Å². The number of hydrogen-bond donors (Lipinski definition) is 1. The molecule has 0 aromatic carbocycles. The van der Waals surface area contributed by atoms with Gasteiger partial charge in [-0.1, -0.05) is 6.92 Å². The maximum Gasteiger partial charge on any atom is 0.0413 e. The van der Waals surface area contributed by atoms with E-state index in [0.717, 1.165) is 6.42 Å². The van der Waals surface area contributed by atoms with Crippen molar-refractivity contribution in [3.63, 3.8) is 0 Å². The fraction of sp³-hybridized carbons (Fsp3) is 0.733. The van der Waals surface area contributed by atoms with E-state index in [-0.39, 0.29) is 0 Å². The van der Waals surface area contributed by atoms with Crippen LogP contribution in [0.4, 0.5) is 0 Å². The zero-order chi connectivity index (χ0) is 13.1. The van der Waals surface area contributed by atoms with Crippen LogP contribution in [-0.4, -0.2) is 24.0 Å². The lowest BCUT2D eigenvalue weighted by Crippen LogP contribution is -2.39. The Morgan fingerprint density at radius 2 is 2.00 bits per heavy atom. The summed E-state index contributed by atoms with van der Waals surface area (Å²) in [7, 11) is 2.28. The minimum atomic E-state index is 0.443. The molecule has 0 amide bonds. The van der Waals surface area contributed by atoms with Crippen LogP contribution in [0.2, 0.25) is 0 Å². The van der Waals surface area contributed by atoms with Gasteiger partial charge in [-0.2, -0.15) is 0 Å². The molecule has 3 heteroatoms. The van der Waals surface area contributed by atoms with Crippen LogP contribution >= 0.6 is 11.3 Å². The summed E-state index contributed by atoms with van der Waals surface area (Å²) in [5.74, 6) is 0. The van der Waals surface area contributed by atoms with Gasteiger partial charge in [0.2, 0.25) is 0 Å². The maximum absolute atomic E-state index is 5.99. The molecule has 2 N–H and O–H groups in total. The van der Waals surface area contributed by atoms with Crippen LogP contribution in [-0.2, 0) is 6.42 Å². The van der Waals surface area contributed by atoms with Gasteiger partial charge in [-0.3, -0.25) is 4.90 Å². The van der Waals surface area contributed by atoms with Crippen molar-refractivity contribution < 1.29 is 0 Å². The van der Waals surface area contributed by atoms with Gasteiger partial charge in [0.1, 0.15) is 0 Å². The summed E-state index contributed by atoms with van der Waals surface area (Å²) in [6.07, 6.45) is 6.04. The molecule has 1 unspecified atom stereocenters. The number of nitrogens with two attached hydrogens (primary N) is 1. The Morgan fingerprint density at radius 3 is 2.56 bits per heavy atom. The Balaban J connectivity index is 1.97. The van der Waals surface area contributed by atoms with E-state index in [1.165, 1.54) is 35.4 Å². The number of hydrogen-bond acceptors (Lipinski definition) is 3. The first kappa shape index (κ1) is 14.0. The molecule has 1 fully saturated rings. The second kappa shape index (κ2) is 6.18. The first-order valence-electron chi connectivity index (χ1n) is 7.18. The van der Waals surface area contributed by atoms with Crippen LogP contribution in [0, 0.1) is 0 Å². The molecule has 1 aliphatic rings. The molecule has 0 spiro atoms. The Morgan fingerprint density at radius 1 is 1.33 bits per heavy atom. The van der Waals surface area contributed by atoms with Gasteiger partial charge < -0.3 is 5.73 Å². The van der Waals surface area contributed by atoms with Crippen molar-refractivity contribution in [1.29, 1.82) is 0 Å². The molecular formula is C15H26N2S. The first-order chi connectivity index (χ1) is 8.61. The largest absolute Gasteiger partial charge is 0.328 e. The molecule has 0 saturated heterocycles. The van der Waals surface area contributed by atoms with Crippen molar-refractivity contribution in [3.05, 3.63) is 21.9 Å². The topological polar surface area (TPSA) is 29.3 Å². The van der Waals surface area contributed by atoms with Gasteiger partial charge in [0.15, 0.2) is 0 Å². The van der Waals surface area contributed by atoms with Crippen molar-refractivity contribution in [2.45, 2.75) is 64.1 Å². The third-order valence-electron chi connectivity index (χ3n) is 4.37. The van der Waals surface area contributed by atoms with Gasteiger partial charge in [0, 0.05) is 27.9 Å². The molecule has 1 aromatic rings. The first-order valence-corrected chi connectivity index (χ1v) is 7.99. The number of thiophene rings is 1. The van der Waals surface area contributed by atoms with E-state index < -0.39 is 0 Å². The summed E-state index contributed by atoms with van der Waals surface area (Å²) >= 11 is 1.97. The summed E-state index contributed by atoms with van der Waals surface area (Å²) in [6, 6.07) is 6.28. The molecule has 1 atom stereocenters. The molecule has 1 aromatic heterocycles. The summed E-state index contributed by atoms with van der Waals surface area (Å²) in [5, 5.41) is 0. The van der Waals surface area contributed by atoms with Crippen molar-refractivity contribution in [1.82, 2.24) is 4.90 Å². The van der Waals surface area contributed by atoms with Crippen LogP contribution in [0.25, 0.3) is 0 Å². The van der Waals surface area contributed by atoms with Gasteiger partial charge in [-0.15, -0.1) is 11.3 Å². The highest BCUT2D eigenvalue weighted by Gasteiger charge is 2.25. The molecule has 18 heavy (non-hydrogen) atoms. The van der Waals surface area contributed by atoms with Gasteiger partial charge in [-0.05, 0) is 58.2 Å². The molecule has 2 rings (SSSR count). The molecule has 1 aliphatic carbocycles. The third-order valence-corrected chi connectivity index (χ3v) is 5.77. The van der Waals surface area contributed by atoms with Gasteiger partial charge in [-0.25, -0.2) is 0 Å². The van der Waals surface area contributed by atoms with E-state index in [1.54, 1.807) is 0 Å². The molecular weight excluding hydrogens is 240 g/mol. The molecule has 2 nitrogen and oxygen atoms in total. The van der Waals surface area contributed by atoms with E-state index in [4.69, 9.17) is 5.73 Å².